The quantitative estimate of drug-likeness (QED) is 0.932. The highest BCUT2D eigenvalue weighted by molar-refractivity contribution is 6.31. The minimum absolute atomic E-state index is 0.0861. The summed E-state index contributed by atoms with van der Waals surface area (Å²) in [6, 6.07) is 4.98. The Bertz CT molecular complexity index is 595. The summed E-state index contributed by atoms with van der Waals surface area (Å²) in [5.74, 6) is -0.247. The number of aromatic nitrogens is 2. The van der Waals surface area contributed by atoms with E-state index in [0.717, 1.165) is 5.69 Å². The van der Waals surface area contributed by atoms with Crippen LogP contribution in [0.2, 0.25) is 5.02 Å². The van der Waals surface area contributed by atoms with E-state index >= 15 is 0 Å². The molecule has 0 saturated carbocycles. The average molecular weight is 296 g/mol. The second-order valence-electron chi connectivity index (χ2n) is 5.85. The van der Waals surface area contributed by atoms with Crippen molar-refractivity contribution in [3.05, 3.63) is 46.5 Å². The maximum Gasteiger partial charge on any atom is 0.129 e. The molecule has 1 aromatic carbocycles. The van der Waals surface area contributed by atoms with Crippen molar-refractivity contribution in [1.29, 1.82) is 0 Å². The van der Waals surface area contributed by atoms with Gasteiger partial charge >= 0.3 is 0 Å². The molecule has 0 saturated heterocycles. The molecule has 3 nitrogen and oxygen atoms in total. The Labute approximate surface area is 123 Å². The zero-order valence-electron chi connectivity index (χ0n) is 12.2. The molecule has 2 aromatic rings. The predicted octanol–water partition coefficient (Wildman–Crippen LogP) is 3.86. The summed E-state index contributed by atoms with van der Waals surface area (Å²) >= 11 is 6.03. The molecule has 0 aliphatic rings. The highest BCUT2D eigenvalue weighted by Crippen LogP contribution is 2.21. The Morgan fingerprint density at radius 3 is 2.60 bits per heavy atom. The number of nitrogens with one attached hydrogen (secondary N) is 1. The lowest BCUT2D eigenvalue weighted by Gasteiger charge is -2.22. The molecule has 5 heteroatoms. The number of benzene rings is 1. The van der Waals surface area contributed by atoms with Gasteiger partial charge in [-0.25, -0.2) is 9.07 Å². The van der Waals surface area contributed by atoms with Gasteiger partial charge in [-0.1, -0.05) is 17.7 Å². The smallest absolute Gasteiger partial charge is 0.129 e. The van der Waals surface area contributed by atoms with Crippen LogP contribution in [0, 0.1) is 12.7 Å². The number of hydrogen-bond donors (Lipinski definition) is 1. The van der Waals surface area contributed by atoms with Crippen molar-refractivity contribution in [2.24, 2.45) is 0 Å². The number of aryl methyl sites for hydroxylation is 1. The van der Waals surface area contributed by atoms with Gasteiger partial charge in [-0.05, 0) is 39.8 Å². The third kappa shape index (κ3) is 3.38. The first kappa shape index (κ1) is 15.0. The van der Waals surface area contributed by atoms with Crippen molar-refractivity contribution >= 4 is 11.6 Å². The summed E-state index contributed by atoms with van der Waals surface area (Å²) < 4.78 is 15.7. The van der Waals surface area contributed by atoms with Crippen molar-refractivity contribution in [2.45, 2.75) is 39.8 Å². The fraction of sp³-hybridized carbons (Fsp3) is 0.400. The molecular weight excluding hydrogens is 277 g/mol. The minimum Gasteiger partial charge on any atom is -0.308 e. The minimum atomic E-state index is -0.247. The van der Waals surface area contributed by atoms with Crippen LogP contribution < -0.4 is 5.32 Å². The molecule has 2 rings (SSSR count). The fourth-order valence-corrected chi connectivity index (χ4v) is 1.98. The second kappa shape index (κ2) is 5.54. The zero-order valence-corrected chi connectivity index (χ0v) is 12.9. The van der Waals surface area contributed by atoms with Gasteiger partial charge in [0, 0.05) is 23.8 Å². The molecule has 0 aliphatic carbocycles. The molecule has 1 aromatic heterocycles. The molecule has 0 bridgehead atoms. The van der Waals surface area contributed by atoms with E-state index in [9.17, 15) is 4.39 Å². The first-order valence-corrected chi connectivity index (χ1v) is 6.90. The van der Waals surface area contributed by atoms with Gasteiger partial charge in [0.25, 0.3) is 0 Å². The van der Waals surface area contributed by atoms with E-state index in [1.165, 1.54) is 6.07 Å². The summed E-state index contributed by atoms with van der Waals surface area (Å²) in [4.78, 5) is 0. The van der Waals surface area contributed by atoms with E-state index in [4.69, 9.17) is 11.6 Å². The summed E-state index contributed by atoms with van der Waals surface area (Å²) in [5, 5.41) is 8.19. The van der Waals surface area contributed by atoms with Gasteiger partial charge in [-0.3, -0.25) is 0 Å². The van der Waals surface area contributed by atoms with Crippen LogP contribution in [0.1, 0.15) is 32.0 Å². The Morgan fingerprint density at radius 2 is 2.05 bits per heavy atom. The Hall–Kier alpha value is -1.39. The number of nitrogens with zero attached hydrogens (tertiary/aromatic N) is 2. The molecule has 1 heterocycles. The van der Waals surface area contributed by atoms with Crippen molar-refractivity contribution in [1.82, 2.24) is 15.1 Å². The van der Waals surface area contributed by atoms with Crippen molar-refractivity contribution in [3.8, 4) is 5.69 Å². The Kier molecular flexibility index (Phi) is 4.16. The van der Waals surface area contributed by atoms with Gasteiger partial charge in [0.05, 0.1) is 16.4 Å². The monoisotopic (exact) mass is 295 g/mol. The maximum absolute atomic E-state index is 14.1. The van der Waals surface area contributed by atoms with Crippen LogP contribution in [-0.2, 0) is 6.54 Å². The molecule has 0 spiro atoms. The third-order valence-corrected chi connectivity index (χ3v) is 3.35. The zero-order chi connectivity index (χ0) is 14.9. The lowest BCUT2D eigenvalue weighted by Crippen LogP contribution is -2.35. The van der Waals surface area contributed by atoms with Crippen LogP contribution in [0.4, 0.5) is 4.39 Å². The molecular formula is C15H19ClFN3. The topological polar surface area (TPSA) is 29.9 Å². The van der Waals surface area contributed by atoms with Gasteiger partial charge in [-0.2, -0.15) is 5.10 Å². The predicted molar refractivity (Wildman–Crippen MR) is 79.9 cm³/mol. The maximum atomic E-state index is 14.1. The summed E-state index contributed by atoms with van der Waals surface area (Å²) in [6.07, 6.45) is 1.70. The highest BCUT2D eigenvalue weighted by atomic mass is 35.5. The average Bonchev–Trinajstić information content (AvgIpc) is 2.66. The molecule has 0 aliphatic heterocycles. The SMILES string of the molecule is Cc1nn(-c2cccc(F)c2CNC(C)(C)C)cc1Cl. The summed E-state index contributed by atoms with van der Waals surface area (Å²) in [5.41, 5.74) is 1.93. The van der Waals surface area contributed by atoms with Crippen LogP contribution in [0.3, 0.4) is 0 Å². The molecule has 0 radical (unpaired) electrons. The third-order valence-electron chi connectivity index (χ3n) is 2.98. The molecule has 0 fully saturated rings. The van der Waals surface area contributed by atoms with E-state index in [1.807, 2.05) is 33.8 Å². The number of halogens is 2. The van der Waals surface area contributed by atoms with E-state index in [0.29, 0.717) is 22.8 Å². The molecule has 0 atom stereocenters. The first-order chi connectivity index (χ1) is 9.28. The lowest BCUT2D eigenvalue weighted by molar-refractivity contribution is 0.418. The van der Waals surface area contributed by atoms with Gasteiger partial charge in [0.2, 0.25) is 0 Å². The Morgan fingerprint density at radius 1 is 1.35 bits per heavy atom. The summed E-state index contributed by atoms with van der Waals surface area (Å²) in [6.45, 7) is 8.39. The lowest BCUT2D eigenvalue weighted by atomic mass is 10.1. The molecule has 0 amide bonds. The fourth-order valence-electron chi connectivity index (χ4n) is 1.85. The van der Waals surface area contributed by atoms with Gasteiger partial charge in [-0.15, -0.1) is 0 Å². The molecule has 0 unspecified atom stereocenters. The Balaban J connectivity index is 2.40. The molecule has 108 valence electrons. The molecule has 20 heavy (non-hydrogen) atoms. The highest BCUT2D eigenvalue weighted by Gasteiger charge is 2.15. The van der Waals surface area contributed by atoms with E-state index in [1.54, 1.807) is 16.9 Å². The van der Waals surface area contributed by atoms with Crippen molar-refractivity contribution in [3.63, 3.8) is 0 Å². The normalized spacial score (nSPS) is 11.9. The van der Waals surface area contributed by atoms with Gasteiger partial charge in [0.15, 0.2) is 0 Å². The standard InChI is InChI=1S/C15H19ClFN3/c1-10-12(16)9-20(19-10)14-7-5-6-13(17)11(14)8-18-15(2,3)4/h5-7,9,18H,8H2,1-4H3. The van der Waals surface area contributed by atoms with Crippen molar-refractivity contribution in [2.75, 3.05) is 0 Å². The first-order valence-electron chi connectivity index (χ1n) is 6.52. The van der Waals surface area contributed by atoms with Crippen LogP contribution in [0.25, 0.3) is 5.69 Å². The van der Waals surface area contributed by atoms with Crippen LogP contribution in [-0.4, -0.2) is 15.3 Å². The largest absolute Gasteiger partial charge is 0.308 e. The van der Waals surface area contributed by atoms with Crippen molar-refractivity contribution < 1.29 is 4.39 Å². The van der Waals surface area contributed by atoms with E-state index in [-0.39, 0.29) is 11.4 Å². The van der Waals surface area contributed by atoms with Gasteiger partial charge in [0.1, 0.15) is 5.82 Å². The van der Waals surface area contributed by atoms with Crippen LogP contribution in [0.5, 0.6) is 0 Å². The van der Waals surface area contributed by atoms with Crippen LogP contribution in [0.15, 0.2) is 24.4 Å². The number of hydrogen-bond acceptors (Lipinski definition) is 2. The van der Waals surface area contributed by atoms with Gasteiger partial charge < -0.3 is 5.32 Å². The number of rotatable bonds is 3. The summed E-state index contributed by atoms with van der Waals surface area (Å²) in [7, 11) is 0. The second-order valence-corrected chi connectivity index (χ2v) is 6.26. The molecule has 1 N–H and O–H groups in total. The van der Waals surface area contributed by atoms with E-state index < -0.39 is 0 Å². The van der Waals surface area contributed by atoms with Crippen LogP contribution >= 0.6 is 11.6 Å². The van der Waals surface area contributed by atoms with E-state index in [2.05, 4.69) is 10.4 Å².